The number of amides is 1. The van der Waals surface area contributed by atoms with Gasteiger partial charge >= 0.3 is 0 Å². The zero-order valence-corrected chi connectivity index (χ0v) is 15.2. The summed E-state index contributed by atoms with van der Waals surface area (Å²) in [5.41, 5.74) is 3.71. The summed E-state index contributed by atoms with van der Waals surface area (Å²) in [6, 6.07) is 7.81. The van der Waals surface area contributed by atoms with Crippen molar-refractivity contribution >= 4 is 12.1 Å². The normalized spacial score (nSPS) is 25.7. The van der Waals surface area contributed by atoms with Gasteiger partial charge in [-0.05, 0) is 60.9 Å². The van der Waals surface area contributed by atoms with Crippen molar-refractivity contribution in [2.75, 3.05) is 6.61 Å². The number of nitrogens with one attached hydrogen (secondary N) is 1. The van der Waals surface area contributed by atoms with Gasteiger partial charge in [-0.3, -0.25) is 4.79 Å². The highest BCUT2D eigenvalue weighted by Crippen LogP contribution is 2.53. The van der Waals surface area contributed by atoms with Crippen LogP contribution in [0.25, 0.3) is 0 Å². The first-order valence-electron chi connectivity index (χ1n) is 9.85. The molecule has 2 fully saturated rings. The van der Waals surface area contributed by atoms with Crippen molar-refractivity contribution < 1.29 is 9.53 Å². The number of ether oxygens (including phenoxy) is 1. The molecule has 3 rings (SSSR count). The number of carbonyl (C=O) groups is 1. The van der Waals surface area contributed by atoms with Gasteiger partial charge in [-0.25, -0.2) is 5.43 Å². The summed E-state index contributed by atoms with van der Waals surface area (Å²) in [4.78, 5) is 12.3. The second-order valence-corrected chi connectivity index (χ2v) is 7.35. The van der Waals surface area contributed by atoms with E-state index in [9.17, 15) is 4.79 Å². The number of nitrogens with zero attached hydrogens (tertiary/aromatic N) is 1. The topological polar surface area (TPSA) is 50.7 Å². The molecule has 0 radical (unpaired) electrons. The summed E-state index contributed by atoms with van der Waals surface area (Å²) in [5.74, 6) is 2.39. The van der Waals surface area contributed by atoms with Crippen LogP contribution in [0.4, 0.5) is 0 Å². The van der Waals surface area contributed by atoms with Crippen LogP contribution in [-0.4, -0.2) is 18.7 Å². The molecule has 2 saturated carbocycles. The molecule has 1 aromatic rings. The Morgan fingerprint density at radius 1 is 1.16 bits per heavy atom. The van der Waals surface area contributed by atoms with Crippen molar-refractivity contribution in [1.29, 1.82) is 0 Å². The Morgan fingerprint density at radius 3 is 2.48 bits per heavy atom. The lowest BCUT2D eigenvalue weighted by atomic mass is 10.0. The monoisotopic (exact) mass is 342 g/mol. The Kier molecular flexibility index (Phi) is 6.48. The molecule has 0 heterocycles. The molecule has 0 bridgehead atoms. The minimum absolute atomic E-state index is 0.104. The number of carbonyl (C=O) groups excluding carboxylic acids is 1. The Labute approximate surface area is 151 Å². The van der Waals surface area contributed by atoms with E-state index in [2.05, 4.69) is 17.5 Å². The van der Waals surface area contributed by atoms with Crippen molar-refractivity contribution in [3.05, 3.63) is 29.8 Å². The number of rotatable bonds is 7. The first-order valence-corrected chi connectivity index (χ1v) is 9.85. The SMILES string of the molecule is CCCCOc1ccc(C=NNC(=O)C2[C@H]3CCCCCC[C@H]23)cc1. The number of hydrazone groups is 1. The fraction of sp³-hybridized carbons (Fsp3) is 0.619. The number of fused-ring (bicyclic) bond motifs is 1. The highest BCUT2D eigenvalue weighted by atomic mass is 16.5. The molecule has 2 aliphatic rings. The van der Waals surface area contributed by atoms with Crippen LogP contribution in [0.15, 0.2) is 29.4 Å². The van der Waals surface area contributed by atoms with Crippen LogP contribution in [0.1, 0.15) is 63.9 Å². The third kappa shape index (κ3) is 5.07. The third-order valence-corrected chi connectivity index (χ3v) is 5.49. The largest absolute Gasteiger partial charge is 0.494 e. The standard InChI is InChI=1S/C21H30N2O2/c1-2-3-14-25-17-12-10-16(11-13-17)15-22-23-21(24)20-18-8-6-4-5-7-9-19(18)20/h10-13,15,18-20H,2-9,14H2,1H3,(H,23,24)/t18-,19-/m0/s1. The van der Waals surface area contributed by atoms with E-state index < -0.39 is 0 Å². The zero-order valence-electron chi connectivity index (χ0n) is 15.2. The minimum atomic E-state index is 0.104. The molecule has 4 nitrogen and oxygen atoms in total. The van der Waals surface area contributed by atoms with E-state index in [1.807, 2.05) is 24.3 Å². The zero-order chi connectivity index (χ0) is 17.5. The number of hydrogen-bond donors (Lipinski definition) is 1. The van der Waals surface area contributed by atoms with Crippen LogP contribution in [-0.2, 0) is 4.79 Å². The first-order chi connectivity index (χ1) is 12.3. The van der Waals surface area contributed by atoms with E-state index in [1.165, 1.54) is 38.5 Å². The predicted molar refractivity (Wildman–Crippen MR) is 101 cm³/mol. The van der Waals surface area contributed by atoms with Gasteiger partial charge in [0.2, 0.25) is 5.91 Å². The minimum Gasteiger partial charge on any atom is -0.494 e. The summed E-state index contributed by atoms with van der Waals surface area (Å²) >= 11 is 0. The average molecular weight is 342 g/mol. The molecule has 25 heavy (non-hydrogen) atoms. The Morgan fingerprint density at radius 2 is 1.84 bits per heavy atom. The summed E-state index contributed by atoms with van der Waals surface area (Å²) in [7, 11) is 0. The van der Waals surface area contributed by atoms with Gasteiger partial charge in [0.05, 0.1) is 12.8 Å². The lowest BCUT2D eigenvalue weighted by Gasteiger charge is -2.04. The van der Waals surface area contributed by atoms with E-state index in [0.717, 1.165) is 30.8 Å². The van der Waals surface area contributed by atoms with Gasteiger partial charge in [-0.2, -0.15) is 5.10 Å². The van der Waals surface area contributed by atoms with Crippen molar-refractivity contribution in [2.24, 2.45) is 22.9 Å². The van der Waals surface area contributed by atoms with Gasteiger partial charge in [0, 0.05) is 5.92 Å². The lowest BCUT2D eigenvalue weighted by Crippen LogP contribution is -2.21. The van der Waals surface area contributed by atoms with E-state index in [1.54, 1.807) is 6.21 Å². The van der Waals surface area contributed by atoms with Crippen LogP contribution in [0, 0.1) is 17.8 Å². The molecule has 0 spiro atoms. The van der Waals surface area contributed by atoms with E-state index >= 15 is 0 Å². The predicted octanol–water partition coefficient (Wildman–Crippen LogP) is 4.53. The van der Waals surface area contributed by atoms with Crippen LogP contribution >= 0.6 is 0 Å². The highest BCUT2D eigenvalue weighted by Gasteiger charge is 2.53. The highest BCUT2D eigenvalue weighted by molar-refractivity contribution is 5.85. The summed E-state index contributed by atoms with van der Waals surface area (Å²) in [5, 5.41) is 4.15. The maximum absolute atomic E-state index is 12.3. The maximum atomic E-state index is 12.3. The Balaban J connectivity index is 1.44. The van der Waals surface area contributed by atoms with Gasteiger partial charge in [-0.15, -0.1) is 0 Å². The van der Waals surface area contributed by atoms with Gasteiger partial charge in [-0.1, -0.05) is 39.0 Å². The van der Waals surface area contributed by atoms with Gasteiger partial charge in [0.25, 0.3) is 0 Å². The summed E-state index contributed by atoms with van der Waals surface area (Å²) in [6.45, 7) is 2.90. The molecule has 0 aliphatic heterocycles. The molecular weight excluding hydrogens is 312 g/mol. The van der Waals surface area contributed by atoms with Crippen LogP contribution in [0.2, 0.25) is 0 Å². The van der Waals surface area contributed by atoms with Gasteiger partial charge in [0.15, 0.2) is 0 Å². The average Bonchev–Trinajstić information content (AvgIpc) is 3.27. The molecule has 2 aliphatic carbocycles. The molecule has 0 unspecified atom stereocenters. The lowest BCUT2D eigenvalue weighted by molar-refractivity contribution is -0.122. The molecule has 1 amide bonds. The van der Waals surface area contributed by atoms with E-state index in [-0.39, 0.29) is 11.8 Å². The van der Waals surface area contributed by atoms with Gasteiger partial charge in [0.1, 0.15) is 5.75 Å². The van der Waals surface area contributed by atoms with Crippen molar-refractivity contribution in [3.63, 3.8) is 0 Å². The van der Waals surface area contributed by atoms with Crippen molar-refractivity contribution in [1.82, 2.24) is 5.43 Å². The third-order valence-electron chi connectivity index (χ3n) is 5.49. The Hall–Kier alpha value is -1.84. The maximum Gasteiger partial charge on any atom is 0.243 e. The van der Waals surface area contributed by atoms with Crippen LogP contribution < -0.4 is 10.2 Å². The molecule has 1 aromatic carbocycles. The molecule has 2 atom stereocenters. The molecule has 0 saturated heterocycles. The van der Waals surface area contributed by atoms with Crippen molar-refractivity contribution in [2.45, 2.75) is 58.3 Å². The van der Waals surface area contributed by atoms with E-state index in [0.29, 0.717) is 11.8 Å². The van der Waals surface area contributed by atoms with E-state index in [4.69, 9.17) is 4.74 Å². The second-order valence-electron chi connectivity index (χ2n) is 7.35. The Bertz CT molecular complexity index is 568. The van der Waals surface area contributed by atoms with Crippen LogP contribution in [0.5, 0.6) is 5.75 Å². The molecule has 0 aromatic heterocycles. The first kappa shape index (κ1) is 18.0. The number of unbranched alkanes of at least 4 members (excludes halogenated alkanes) is 1. The van der Waals surface area contributed by atoms with Crippen LogP contribution in [0.3, 0.4) is 0 Å². The second kappa shape index (κ2) is 9.02. The fourth-order valence-corrected chi connectivity index (χ4v) is 3.96. The molecule has 1 N–H and O–H groups in total. The number of hydrogen-bond acceptors (Lipinski definition) is 3. The molecular formula is C21H30N2O2. The van der Waals surface area contributed by atoms with Crippen molar-refractivity contribution in [3.8, 4) is 5.75 Å². The smallest absolute Gasteiger partial charge is 0.243 e. The molecule has 4 heteroatoms. The summed E-state index contributed by atoms with van der Waals surface area (Å²) < 4.78 is 5.64. The quantitative estimate of drug-likeness (QED) is 0.449. The summed E-state index contributed by atoms with van der Waals surface area (Å²) in [6.07, 6.45) is 11.5. The van der Waals surface area contributed by atoms with Gasteiger partial charge < -0.3 is 4.74 Å². The molecule has 136 valence electrons. The fourth-order valence-electron chi connectivity index (χ4n) is 3.96. The number of benzene rings is 1.